The molecule has 0 aliphatic heterocycles. The van der Waals surface area contributed by atoms with Crippen molar-refractivity contribution in [2.24, 2.45) is 0 Å². The minimum atomic E-state index is -4.44. The topological polar surface area (TPSA) is 51.5 Å². The van der Waals surface area contributed by atoms with Gasteiger partial charge < -0.3 is 14.5 Å². The summed E-state index contributed by atoms with van der Waals surface area (Å²) in [6, 6.07) is 12.4. The first-order valence-electron chi connectivity index (χ1n) is 6.80. The molecule has 120 valence electrons. The molecule has 23 heavy (non-hydrogen) atoms. The van der Waals surface area contributed by atoms with Gasteiger partial charge in [-0.3, -0.25) is 4.79 Å². The Balaban J connectivity index is 1.71. The van der Waals surface area contributed by atoms with E-state index in [4.69, 9.17) is 9.15 Å². The molecular formula is C16H12F3NO3. The number of nitrogens with one attached hydrogen (secondary N) is 1. The van der Waals surface area contributed by atoms with Gasteiger partial charge in [-0.05, 0) is 24.3 Å². The van der Waals surface area contributed by atoms with E-state index < -0.39 is 25.2 Å². The molecule has 0 aliphatic carbocycles. The molecular weight excluding hydrogens is 311 g/mol. The minimum absolute atomic E-state index is 0.381. The summed E-state index contributed by atoms with van der Waals surface area (Å²) < 4.78 is 46.9. The minimum Gasteiger partial charge on any atom is -0.484 e. The van der Waals surface area contributed by atoms with E-state index in [9.17, 15) is 18.0 Å². The van der Waals surface area contributed by atoms with Crippen LogP contribution in [0.5, 0.6) is 5.75 Å². The molecule has 3 aromatic rings. The summed E-state index contributed by atoms with van der Waals surface area (Å²) in [5, 5.41) is 3.46. The van der Waals surface area contributed by atoms with Gasteiger partial charge in [-0.25, -0.2) is 0 Å². The SMILES string of the molecule is O=C(COc1ccc2oc3ccccc3c2c1)NCC(F)(F)F. The number of fused-ring (bicyclic) bond motifs is 3. The summed E-state index contributed by atoms with van der Waals surface area (Å²) in [7, 11) is 0. The highest BCUT2D eigenvalue weighted by molar-refractivity contribution is 6.05. The van der Waals surface area contributed by atoms with Crippen LogP contribution in [0.25, 0.3) is 21.9 Å². The summed E-state index contributed by atoms with van der Waals surface area (Å²) >= 11 is 0. The van der Waals surface area contributed by atoms with Crippen LogP contribution in [0.15, 0.2) is 46.9 Å². The third-order valence-electron chi connectivity index (χ3n) is 3.20. The van der Waals surface area contributed by atoms with Crippen LogP contribution in [0.4, 0.5) is 13.2 Å². The predicted octanol–water partition coefficient (Wildman–Crippen LogP) is 3.64. The van der Waals surface area contributed by atoms with Crippen molar-refractivity contribution in [2.75, 3.05) is 13.2 Å². The Morgan fingerprint density at radius 3 is 2.61 bits per heavy atom. The fourth-order valence-corrected chi connectivity index (χ4v) is 2.19. The summed E-state index contributed by atoms with van der Waals surface area (Å²) in [4.78, 5) is 11.3. The van der Waals surface area contributed by atoms with E-state index in [1.807, 2.05) is 24.3 Å². The Hall–Kier alpha value is -2.70. The van der Waals surface area contributed by atoms with Crippen LogP contribution >= 0.6 is 0 Å². The Morgan fingerprint density at radius 2 is 1.83 bits per heavy atom. The molecule has 1 amide bonds. The van der Waals surface area contributed by atoms with Crippen molar-refractivity contribution in [3.8, 4) is 5.75 Å². The van der Waals surface area contributed by atoms with Crippen LogP contribution in [-0.2, 0) is 4.79 Å². The number of hydrogen-bond acceptors (Lipinski definition) is 3. The smallest absolute Gasteiger partial charge is 0.405 e. The van der Waals surface area contributed by atoms with E-state index in [1.165, 1.54) is 0 Å². The van der Waals surface area contributed by atoms with Gasteiger partial charge in [-0.15, -0.1) is 0 Å². The van der Waals surface area contributed by atoms with Gasteiger partial charge in [-0.2, -0.15) is 13.2 Å². The zero-order valence-electron chi connectivity index (χ0n) is 11.8. The van der Waals surface area contributed by atoms with Crippen LogP contribution in [0.1, 0.15) is 0 Å². The van der Waals surface area contributed by atoms with Crippen LogP contribution in [0.3, 0.4) is 0 Å². The number of benzene rings is 2. The summed E-state index contributed by atoms with van der Waals surface area (Å²) in [6.07, 6.45) is -4.44. The van der Waals surface area contributed by atoms with E-state index in [0.29, 0.717) is 11.3 Å². The molecule has 3 rings (SSSR count). The standard InChI is InChI=1S/C16H12F3NO3/c17-16(18,19)9-20-15(21)8-22-10-5-6-14-12(7-10)11-3-1-2-4-13(11)23-14/h1-7H,8-9H2,(H,20,21). The van der Waals surface area contributed by atoms with Gasteiger partial charge in [-0.1, -0.05) is 18.2 Å². The van der Waals surface area contributed by atoms with Gasteiger partial charge in [0.1, 0.15) is 23.5 Å². The maximum absolute atomic E-state index is 12.0. The van der Waals surface area contributed by atoms with Crippen molar-refractivity contribution in [3.05, 3.63) is 42.5 Å². The van der Waals surface area contributed by atoms with Crippen molar-refractivity contribution in [3.63, 3.8) is 0 Å². The summed E-state index contributed by atoms with van der Waals surface area (Å²) in [6.45, 7) is -1.86. The predicted molar refractivity (Wildman–Crippen MR) is 78.3 cm³/mol. The molecule has 0 radical (unpaired) electrons. The highest BCUT2D eigenvalue weighted by Crippen LogP contribution is 2.31. The molecule has 0 saturated heterocycles. The first-order valence-corrected chi connectivity index (χ1v) is 6.80. The van der Waals surface area contributed by atoms with Crippen LogP contribution in [0, 0.1) is 0 Å². The maximum Gasteiger partial charge on any atom is 0.405 e. The highest BCUT2D eigenvalue weighted by atomic mass is 19.4. The second-order valence-electron chi connectivity index (χ2n) is 4.94. The third-order valence-corrected chi connectivity index (χ3v) is 3.20. The Morgan fingerprint density at radius 1 is 1.09 bits per heavy atom. The first kappa shape index (κ1) is 15.2. The first-order chi connectivity index (χ1) is 10.9. The van der Waals surface area contributed by atoms with Gasteiger partial charge >= 0.3 is 6.18 Å². The molecule has 1 N–H and O–H groups in total. The van der Waals surface area contributed by atoms with Crippen LogP contribution < -0.4 is 10.1 Å². The summed E-state index contributed by atoms with van der Waals surface area (Å²) in [5.74, 6) is -0.453. The lowest BCUT2D eigenvalue weighted by molar-refractivity contribution is -0.139. The zero-order valence-corrected chi connectivity index (χ0v) is 11.8. The molecule has 0 spiro atoms. The van der Waals surface area contributed by atoms with Crippen molar-refractivity contribution < 1.29 is 27.1 Å². The molecule has 0 fully saturated rings. The number of amides is 1. The highest BCUT2D eigenvalue weighted by Gasteiger charge is 2.27. The Kier molecular flexibility index (Phi) is 3.85. The monoisotopic (exact) mass is 323 g/mol. The van der Waals surface area contributed by atoms with Gasteiger partial charge in [0.05, 0.1) is 0 Å². The molecule has 1 aromatic heterocycles. The number of furan rings is 1. The van der Waals surface area contributed by atoms with E-state index in [0.717, 1.165) is 16.4 Å². The average Bonchev–Trinajstić information content (AvgIpc) is 2.88. The average molecular weight is 323 g/mol. The third kappa shape index (κ3) is 3.56. The molecule has 4 nitrogen and oxygen atoms in total. The van der Waals surface area contributed by atoms with E-state index >= 15 is 0 Å². The molecule has 0 atom stereocenters. The van der Waals surface area contributed by atoms with Crippen LogP contribution in [-0.4, -0.2) is 25.2 Å². The second-order valence-corrected chi connectivity index (χ2v) is 4.94. The van der Waals surface area contributed by atoms with E-state index in [1.54, 1.807) is 23.5 Å². The van der Waals surface area contributed by atoms with Crippen molar-refractivity contribution in [1.82, 2.24) is 5.32 Å². The number of para-hydroxylation sites is 1. The van der Waals surface area contributed by atoms with Crippen LogP contribution in [0.2, 0.25) is 0 Å². The fraction of sp³-hybridized carbons (Fsp3) is 0.188. The normalized spacial score (nSPS) is 11.8. The fourth-order valence-electron chi connectivity index (χ4n) is 2.19. The molecule has 1 heterocycles. The maximum atomic E-state index is 12.0. The Labute approximate surface area is 128 Å². The van der Waals surface area contributed by atoms with E-state index in [2.05, 4.69) is 0 Å². The number of hydrogen-bond donors (Lipinski definition) is 1. The van der Waals surface area contributed by atoms with Gasteiger partial charge in [0.15, 0.2) is 6.61 Å². The van der Waals surface area contributed by atoms with Crippen molar-refractivity contribution in [2.45, 2.75) is 6.18 Å². The number of rotatable bonds is 4. The van der Waals surface area contributed by atoms with Gasteiger partial charge in [0.25, 0.3) is 5.91 Å². The molecule has 0 aliphatic rings. The Bertz CT molecular complexity index is 855. The van der Waals surface area contributed by atoms with Crippen molar-refractivity contribution in [1.29, 1.82) is 0 Å². The lowest BCUT2D eigenvalue weighted by Gasteiger charge is -2.09. The molecule has 7 heteroatoms. The van der Waals surface area contributed by atoms with Gasteiger partial charge in [0.2, 0.25) is 0 Å². The zero-order chi connectivity index (χ0) is 16.4. The lowest BCUT2D eigenvalue weighted by Crippen LogP contribution is -2.36. The molecule has 0 unspecified atom stereocenters. The number of ether oxygens (including phenoxy) is 1. The molecule has 2 aromatic carbocycles. The molecule has 0 saturated carbocycles. The number of carbonyl (C=O) groups excluding carboxylic acids is 1. The number of alkyl halides is 3. The van der Waals surface area contributed by atoms with Gasteiger partial charge in [0, 0.05) is 10.8 Å². The second kappa shape index (κ2) is 5.83. The summed E-state index contributed by atoms with van der Waals surface area (Å²) in [5.41, 5.74) is 1.39. The van der Waals surface area contributed by atoms with Crippen molar-refractivity contribution >= 4 is 27.8 Å². The quantitative estimate of drug-likeness (QED) is 0.797. The molecule has 0 bridgehead atoms. The van der Waals surface area contributed by atoms with E-state index in [-0.39, 0.29) is 0 Å². The largest absolute Gasteiger partial charge is 0.484 e. The number of carbonyl (C=O) groups is 1. The number of halogens is 3. The lowest BCUT2D eigenvalue weighted by atomic mass is 10.1.